The van der Waals surface area contributed by atoms with Crippen molar-refractivity contribution in [3.63, 3.8) is 0 Å². The molecule has 1 saturated carbocycles. The van der Waals surface area contributed by atoms with Gasteiger partial charge in [-0.15, -0.1) is 6.58 Å². The lowest BCUT2D eigenvalue weighted by atomic mass is 9.46. The number of hydrogen-bond acceptors (Lipinski definition) is 5. The van der Waals surface area contributed by atoms with Crippen molar-refractivity contribution in [2.24, 2.45) is 0 Å². The Hall–Kier alpha value is -3.27. The number of phenolic OH excluding ortho intramolecular Hbond substituents is 1. The predicted octanol–water partition coefficient (Wildman–Crippen LogP) is 3.80. The number of hydrogen-bond donors (Lipinski definition) is 1. The van der Waals surface area contributed by atoms with E-state index >= 15 is 0 Å². The second kappa shape index (κ2) is 9.15. The monoisotopic (exact) mass is 525 g/mol. The molecule has 2 fully saturated rings. The summed E-state index contributed by atoms with van der Waals surface area (Å²) in [7, 11) is 6.25. The van der Waals surface area contributed by atoms with Crippen LogP contribution < -0.4 is 4.74 Å². The van der Waals surface area contributed by atoms with Crippen LogP contribution in [0.2, 0.25) is 0 Å². The fourth-order valence-corrected chi connectivity index (χ4v) is 8.49. The van der Waals surface area contributed by atoms with Crippen molar-refractivity contribution in [1.29, 1.82) is 0 Å². The summed E-state index contributed by atoms with van der Waals surface area (Å²) < 4.78 is 6.80. The van der Waals surface area contributed by atoms with Crippen LogP contribution in [0.3, 0.4) is 0 Å². The molecule has 2 bridgehead atoms. The predicted molar refractivity (Wildman–Crippen MR) is 153 cm³/mol. The maximum atomic E-state index is 13.5. The number of phenols is 1. The van der Waals surface area contributed by atoms with Crippen LogP contribution in [0.1, 0.15) is 47.1 Å². The summed E-state index contributed by atoms with van der Waals surface area (Å²) in [5.74, 6) is 6.60. The zero-order valence-corrected chi connectivity index (χ0v) is 23.8. The Morgan fingerprint density at radius 2 is 2.00 bits per heavy atom. The van der Waals surface area contributed by atoms with Crippen molar-refractivity contribution >= 4 is 5.91 Å². The summed E-state index contributed by atoms with van der Waals surface area (Å²) >= 11 is 0. The summed E-state index contributed by atoms with van der Waals surface area (Å²) in [5.41, 5.74) is 5.12. The number of carbonyl (C=O) groups is 1. The second-order valence-electron chi connectivity index (χ2n) is 12.1. The lowest BCUT2D eigenvalue weighted by Crippen LogP contribution is -2.82. The minimum atomic E-state index is -0.334. The molecular weight excluding hydrogens is 486 g/mol. The van der Waals surface area contributed by atoms with E-state index in [1.165, 1.54) is 16.7 Å². The standard InChI is InChI=1S/C33H39N3O3/c1-7-17-36-18-16-32-29-24-11-12-26(37)30(29)39-31(32)25(14-15-33(32,34(4)5)27(36)20-24)35(6)28(38)13-10-23-9-8-21(2)22(3)19-23/h7-9,11-12,19,25,27,31,37H,1,14-18,20H2,2-6H3/t25-,27-,31+,32+,33-/m1/s1. The van der Waals surface area contributed by atoms with Gasteiger partial charge in [0.25, 0.3) is 5.91 Å². The number of nitrogens with zero attached hydrogens (tertiary/aromatic N) is 3. The third-order valence-corrected chi connectivity index (χ3v) is 10.3. The quantitative estimate of drug-likeness (QED) is 0.486. The van der Waals surface area contributed by atoms with Gasteiger partial charge < -0.3 is 19.6 Å². The Morgan fingerprint density at radius 1 is 1.21 bits per heavy atom. The van der Waals surface area contributed by atoms with E-state index in [2.05, 4.69) is 62.2 Å². The Morgan fingerprint density at radius 3 is 2.72 bits per heavy atom. The first-order valence-corrected chi connectivity index (χ1v) is 14.1. The molecule has 0 aromatic heterocycles. The highest BCUT2D eigenvalue weighted by atomic mass is 16.5. The van der Waals surface area contributed by atoms with Crippen LogP contribution in [0.4, 0.5) is 0 Å². The molecule has 6 heteroatoms. The van der Waals surface area contributed by atoms with Crippen LogP contribution in [0, 0.1) is 25.7 Å². The van der Waals surface area contributed by atoms with Gasteiger partial charge in [-0.1, -0.05) is 24.1 Å². The first-order valence-electron chi connectivity index (χ1n) is 14.1. The van der Waals surface area contributed by atoms with Crippen LogP contribution in [-0.4, -0.2) is 83.7 Å². The molecule has 1 spiro atoms. The smallest absolute Gasteiger partial charge is 0.298 e. The van der Waals surface area contributed by atoms with Gasteiger partial charge in [0, 0.05) is 42.2 Å². The maximum Gasteiger partial charge on any atom is 0.298 e. The van der Waals surface area contributed by atoms with Crippen LogP contribution >= 0.6 is 0 Å². The first-order chi connectivity index (χ1) is 18.7. The molecule has 1 amide bonds. The van der Waals surface area contributed by atoms with Crippen LogP contribution in [0.15, 0.2) is 43.0 Å². The van der Waals surface area contributed by atoms with Gasteiger partial charge in [0.05, 0.1) is 11.5 Å². The summed E-state index contributed by atoms with van der Waals surface area (Å²) in [6.07, 6.45) is 5.29. The summed E-state index contributed by atoms with van der Waals surface area (Å²) in [6.45, 7) is 9.95. The van der Waals surface area contributed by atoms with Gasteiger partial charge in [-0.25, -0.2) is 0 Å². The fraction of sp³-hybridized carbons (Fsp3) is 0.485. The van der Waals surface area contributed by atoms with Crippen molar-refractivity contribution in [3.05, 3.63) is 70.8 Å². The molecule has 2 aliphatic carbocycles. The largest absolute Gasteiger partial charge is 0.504 e. The van der Waals surface area contributed by atoms with Crippen molar-refractivity contribution in [3.8, 4) is 23.3 Å². The molecule has 1 saturated heterocycles. The van der Waals surface area contributed by atoms with E-state index in [1.54, 1.807) is 11.0 Å². The molecule has 2 aliphatic heterocycles. The maximum absolute atomic E-state index is 13.5. The number of likely N-dealkylation sites (tertiary alicyclic amines) is 1. The molecule has 2 aromatic rings. The zero-order chi connectivity index (χ0) is 27.7. The summed E-state index contributed by atoms with van der Waals surface area (Å²) in [5, 5.41) is 11.0. The Labute approximate surface area is 232 Å². The normalized spacial score (nSPS) is 30.2. The van der Waals surface area contributed by atoms with Crippen molar-refractivity contribution < 1.29 is 14.6 Å². The number of likely N-dealkylation sites (N-methyl/N-ethyl adjacent to an activating group) is 2. The highest BCUT2D eigenvalue weighted by Gasteiger charge is 2.74. The third kappa shape index (κ3) is 3.46. The molecule has 0 unspecified atom stereocenters. The number of ether oxygens (including phenoxy) is 1. The average molecular weight is 526 g/mol. The number of rotatable bonds is 4. The third-order valence-electron chi connectivity index (χ3n) is 10.3. The molecule has 6 rings (SSSR count). The molecule has 6 nitrogen and oxygen atoms in total. The van der Waals surface area contributed by atoms with Gasteiger partial charge in [0.1, 0.15) is 6.10 Å². The molecule has 2 aromatic carbocycles. The van der Waals surface area contributed by atoms with E-state index in [-0.39, 0.29) is 34.8 Å². The van der Waals surface area contributed by atoms with E-state index in [0.29, 0.717) is 11.8 Å². The molecule has 0 radical (unpaired) electrons. The topological polar surface area (TPSA) is 56.3 Å². The minimum Gasteiger partial charge on any atom is -0.504 e. The van der Waals surface area contributed by atoms with E-state index in [4.69, 9.17) is 4.74 Å². The number of carbonyl (C=O) groups excluding carboxylic acids is 1. The molecule has 5 atom stereocenters. The van der Waals surface area contributed by atoms with E-state index in [1.807, 2.05) is 31.3 Å². The van der Waals surface area contributed by atoms with Crippen molar-refractivity contribution in [1.82, 2.24) is 14.7 Å². The van der Waals surface area contributed by atoms with Crippen LogP contribution in [0.5, 0.6) is 11.5 Å². The van der Waals surface area contributed by atoms with Crippen molar-refractivity contribution in [2.45, 2.75) is 68.7 Å². The summed E-state index contributed by atoms with van der Waals surface area (Å²) in [6, 6.07) is 10.0. The molecule has 4 aliphatic rings. The Balaban J connectivity index is 1.42. The fourth-order valence-electron chi connectivity index (χ4n) is 8.49. The van der Waals surface area contributed by atoms with Crippen LogP contribution in [-0.2, 0) is 16.6 Å². The van der Waals surface area contributed by atoms with Crippen LogP contribution in [0.25, 0.3) is 0 Å². The minimum absolute atomic E-state index is 0.149. The van der Waals surface area contributed by atoms with E-state index in [9.17, 15) is 9.90 Å². The molecule has 39 heavy (non-hydrogen) atoms. The zero-order valence-electron chi connectivity index (χ0n) is 23.8. The number of piperidine rings is 1. The number of aryl methyl sites for hydroxylation is 2. The number of benzene rings is 2. The molecular formula is C33H39N3O3. The second-order valence-corrected chi connectivity index (χ2v) is 12.1. The Bertz CT molecular complexity index is 1420. The van der Waals surface area contributed by atoms with Gasteiger partial charge in [0.15, 0.2) is 11.5 Å². The Kier molecular flexibility index (Phi) is 6.09. The lowest BCUT2D eigenvalue weighted by molar-refractivity contribution is -0.158. The SMILES string of the molecule is C=CCN1CC[C@]23c4c5ccc(O)c4O[C@H]2[C@H](N(C)C(=O)C#Cc2ccc(C)c(C)c2)CC[C@@]3(N(C)C)[C@H]1C5. The van der Waals surface area contributed by atoms with Gasteiger partial charge in [-0.05, 0) is 95.1 Å². The highest BCUT2D eigenvalue weighted by molar-refractivity contribution is 5.94. The van der Waals surface area contributed by atoms with Crippen molar-refractivity contribution in [2.75, 3.05) is 34.2 Å². The van der Waals surface area contributed by atoms with Gasteiger partial charge in [-0.3, -0.25) is 9.69 Å². The highest BCUT2D eigenvalue weighted by Crippen LogP contribution is 2.67. The van der Waals surface area contributed by atoms with E-state index < -0.39 is 0 Å². The van der Waals surface area contributed by atoms with Gasteiger partial charge in [-0.2, -0.15) is 0 Å². The number of aromatic hydroxyl groups is 1. The molecule has 2 heterocycles. The number of amides is 1. The lowest BCUT2D eigenvalue weighted by Gasteiger charge is -2.69. The summed E-state index contributed by atoms with van der Waals surface area (Å²) in [4.78, 5) is 20.3. The average Bonchev–Trinajstić information content (AvgIpc) is 3.27. The molecule has 204 valence electrons. The first kappa shape index (κ1) is 26.0. The molecule has 1 N–H and O–H groups in total. The van der Waals surface area contributed by atoms with Gasteiger partial charge >= 0.3 is 0 Å². The van der Waals surface area contributed by atoms with Gasteiger partial charge in [0.2, 0.25) is 0 Å². The van der Waals surface area contributed by atoms with E-state index in [0.717, 1.165) is 49.9 Å².